The van der Waals surface area contributed by atoms with Crippen molar-refractivity contribution < 1.29 is 9.47 Å². The van der Waals surface area contributed by atoms with Crippen molar-refractivity contribution in [2.75, 3.05) is 31.2 Å². The maximum absolute atomic E-state index is 13.0. The minimum atomic E-state index is -0.119. The van der Waals surface area contributed by atoms with Crippen LogP contribution in [0.3, 0.4) is 0 Å². The van der Waals surface area contributed by atoms with Crippen molar-refractivity contribution in [3.63, 3.8) is 0 Å². The summed E-state index contributed by atoms with van der Waals surface area (Å²) in [7, 11) is 1.69. The molecule has 1 aliphatic heterocycles. The molecule has 164 valence electrons. The second-order valence-electron chi connectivity index (χ2n) is 9.81. The zero-order valence-electron chi connectivity index (χ0n) is 18.6. The first-order chi connectivity index (χ1) is 14.7. The number of nitrogens with zero attached hydrogens (tertiary/aromatic N) is 4. The normalized spacial score (nSPS) is 19.9. The summed E-state index contributed by atoms with van der Waals surface area (Å²) in [6.07, 6.45) is 2.15. The van der Waals surface area contributed by atoms with E-state index in [2.05, 4.69) is 41.0 Å². The van der Waals surface area contributed by atoms with Crippen LogP contribution in [0.4, 0.5) is 5.69 Å². The lowest BCUT2D eigenvalue weighted by Gasteiger charge is -2.29. The Bertz CT molecular complexity index is 1190. The van der Waals surface area contributed by atoms with Crippen LogP contribution in [0.5, 0.6) is 5.75 Å². The Morgan fingerprint density at radius 3 is 2.77 bits per heavy atom. The van der Waals surface area contributed by atoms with Gasteiger partial charge in [0.25, 0.3) is 5.56 Å². The van der Waals surface area contributed by atoms with Crippen molar-refractivity contribution in [1.82, 2.24) is 20.0 Å². The van der Waals surface area contributed by atoms with Crippen LogP contribution in [0.25, 0.3) is 22.3 Å². The fourth-order valence-electron chi connectivity index (χ4n) is 4.12. The molecule has 0 unspecified atom stereocenters. The lowest BCUT2D eigenvalue weighted by Crippen LogP contribution is -2.39. The molecule has 0 atom stereocenters. The molecule has 8 heteroatoms. The van der Waals surface area contributed by atoms with E-state index in [0.29, 0.717) is 36.8 Å². The molecule has 3 heterocycles. The van der Waals surface area contributed by atoms with Crippen LogP contribution >= 0.6 is 0 Å². The first-order valence-electron chi connectivity index (χ1n) is 10.8. The fourth-order valence-corrected chi connectivity index (χ4v) is 4.12. The van der Waals surface area contributed by atoms with Gasteiger partial charge in [0.1, 0.15) is 28.4 Å². The van der Waals surface area contributed by atoms with E-state index in [4.69, 9.17) is 9.47 Å². The highest BCUT2D eigenvalue weighted by molar-refractivity contribution is 5.93. The molecule has 3 aromatic rings. The lowest BCUT2D eigenvalue weighted by molar-refractivity contribution is 0.0893. The van der Waals surface area contributed by atoms with Gasteiger partial charge in [0.05, 0.1) is 18.7 Å². The van der Waals surface area contributed by atoms with Crippen molar-refractivity contribution >= 4 is 16.6 Å². The van der Waals surface area contributed by atoms with Gasteiger partial charge >= 0.3 is 0 Å². The summed E-state index contributed by atoms with van der Waals surface area (Å²) in [5.41, 5.74) is 2.68. The predicted molar refractivity (Wildman–Crippen MR) is 120 cm³/mol. The average molecular weight is 424 g/mol. The topological polar surface area (TPSA) is 85.3 Å². The number of rotatable bonds is 4. The van der Waals surface area contributed by atoms with Crippen molar-refractivity contribution in [3.8, 4) is 17.1 Å². The van der Waals surface area contributed by atoms with E-state index in [1.807, 2.05) is 24.3 Å². The zero-order valence-corrected chi connectivity index (χ0v) is 18.6. The highest BCUT2D eigenvalue weighted by atomic mass is 16.5. The van der Waals surface area contributed by atoms with E-state index in [1.54, 1.807) is 7.05 Å². The fraction of sp³-hybridized carbons (Fsp3) is 0.522. The number of fused-ring (bicyclic) bond motifs is 1. The van der Waals surface area contributed by atoms with Crippen LogP contribution in [0.2, 0.25) is 0 Å². The number of benzene rings is 1. The number of hydrogen-bond acceptors (Lipinski definition) is 6. The molecule has 0 amide bonds. The van der Waals surface area contributed by atoms with Gasteiger partial charge in [0.2, 0.25) is 0 Å². The summed E-state index contributed by atoms with van der Waals surface area (Å²) in [6, 6.07) is 7.80. The van der Waals surface area contributed by atoms with Crippen LogP contribution in [-0.4, -0.2) is 51.9 Å². The Morgan fingerprint density at radius 2 is 2.00 bits per heavy atom. The predicted octanol–water partition coefficient (Wildman–Crippen LogP) is 3.12. The van der Waals surface area contributed by atoms with Gasteiger partial charge in [-0.3, -0.25) is 9.89 Å². The summed E-state index contributed by atoms with van der Waals surface area (Å²) in [6.45, 7) is 9.11. The molecule has 1 aliphatic carbocycles. The van der Waals surface area contributed by atoms with E-state index >= 15 is 0 Å². The van der Waals surface area contributed by atoms with Gasteiger partial charge in [-0.05, 0) is 44.0 Å². The molecule has 1 aromatic carbocycles. The molecule has 0 radical (unpaired) electrons. The number of anilines is 1. The summed E-state index contributed by atoms with van der Waals surface area (Å²) < 4.78 is 13.3. The van der Waals surface area contributed by atoms with Crippen LogP contribution in [-0.2, 0) is 11.8 Å². The molecule has 0 spiro atoms. The van der Waals surface area contributed by atoms with Crippen LogP contribution in [0.15, 0.2) is 29.1 Å². The largest absolute Gasteiger partial charge is 0.488 e. The van der Waals surface area contributed by atoms with E-state index in [9.17, 15) is 4.79 Å². The molecule has 8 nitrogen and oxygen atoms in total. The number of hydrogen-bond donors (Lipinski definition) is 1. The quantitative estimate of drug-likeness (QED) is 0.694. The number of aromatic nitrogens is 4. The molecule has 1 saturated heterocycles. The molecular formula is C23H29N5O3. The van der Waals surface area contributed by atoms with Crippen molar-refractivity contribution in [2.45, 2.75) is 39.2 Å². The Balaban J connectivity index is 1.57. The van der Waals surface area contributed by atoms with Crippen LogP contribution in [0, 0.1) is 5.41 Å². The molecule has 1 N–H and O–H groups in total. The first-order valence-corrected chi connectivity index (χ1v) is 10.8. The first kappa shape index (κ1) is 20.1. The third-order valence-corrected chi connectivity index (χ3v) is 6.10. The molecular weight excluding hydrogens is 394 g/mol. The highest BCUT2D eigenvalue weighted by Crippen LogP contribution is 2.40. The number of ether oxygens (including phenoxy) is 2. The van der Waals surface area contributed by atoms with Gasteiger partial charge in [-0.1, -0.05) is 13.8 Å². The maximum Gasteiger partial charge on any atom is 0.290 e. The van der Waals surface area contributed by atoms with Gasteiger partial charge in [-0.15, -0.1) is 0 Å². The maximum atomic E-state index is 13.0. The minimum Gasteiger partial charge on any atom is -0.488 e. The highest BCUT2D eigenvalue weighted by Gasteiger charge is 2.40. The van der Waals surface area contributed by atoms with Gasteiger partial charge < -0.3 is 14.4 Å². The third kappa shape index (κ3) is 3.92. The van der Waals surface area contributed by atoms with E-state index < -0.39 is 0 Å². The molecule has 0 bridgehead atoms. The van der Waals surface area contributed by atoms with Gasteiger partial charge in [0.15, 0.2) is 0 Å². The van der Waals surface area contributed by atoms with Crippen LogP contribution < -0.4 is 15.2 Å². The monoisotopic (exact) mass is 423 g/mol. The second kappa shape index (κ2) is 7.09. The third-order valence-electron chi connectivity index (χ3n) is 6.10. The van der Waals surface area contributed by atoms with Gasteiger partial charge in [-0.25, -0.2) is 4.68 Å². The number of H-pyrrole nitrogens is 1. The molecule has 2 aliphatic rings. The van der Waals surface area contributed by atoms with Crippen molar-refractivity contribution in [3.05, 3.63) is 34.6 Å². The van der Waals surface area contributed by atoms with Crippen LogP contribution in [0.1, 0.15) is 33.6 Å². The van der Waals surface area contributed by atoms with Crippen molar-refractivity contribution in [2.24, 2.45) is 12.5 Å². The Labute approximate surface area is 181 Å². The van der Waals surface area contributed by atoms with Gasteiger partial charge in [-0.2, -0.15) is 10.2 Å². The summed E-state index contributed by atoms with van der Waals surface area (Å²) in [4.78, 5) is 15.1. The van der Waals surface area contributed by atoms with E-state index in [0.717, 1.165) is 36.0 Å². The SMILES string of the molecule is Cn1nc(-c2n[nH]c3ccc(OC4(C)CC4)cc23)cc(N2CCOCC(C)(C)C2)c1=O. The smallest absolute Gasteiger partial charge is 0.290 e. The molecule has 2 fully saturated rings. The van der Waals surface area contributed by atoms with E-state index in [-0.39, 0.29) is 16.6 Å². The Hall–Kier alpha value is -2.87. The number of nitrogens with one attached hydrogen (secondary N) is 1. The summed E-state index contributed by atoms with van der Waals surface area (Å²) >= 11 is 0. The number of aryl methyl sites for hydroxylation is 1. The summed E-state index contributed by atoms with van der Waals surface area (Å²) in [5, 5.41) is 13.1. The van der Waals surface area contributed by atoms with Crippen molar-refractivity contribution in [1.29, 1.82) is 0 Å². The standard InChI is InChI=1S/C23H29N5O3/c1-22(2)13-28(9-10-30-14-22)19-12-18(26-27(4)21(19)29)20-16-11-15(31-23(3)7-8-23)5-6-17(16)24-25-20/h5-6,11-12H,7-10,13-14H2,1-4H3,(H,24,25). The van der Waals surface area contributed by atoms with E-state index in [1.165, 1.54) is 4.68 Å². The molecule has 1 saturated carbocycles. The minimum absolute atomic E-state index is 0.0465. The Kier molecular flexibility index (Phi) is 4.58. The number of aromatic amines is 1. The summed E-state index contributed by atoms with van der Waals surface area (Å²) in [5.74, 6) is 0.826. The van der Waals surface area contributed by atoms with Gasteiger partial charge in [0, 0.05) is 30.9 Å². The molecule has 31 heavy (non-hydrogen) atoms. The molecule has 2 aromatic heterocycles. The lowest BCUT2D eigenvalue weighted by atomic mass is 9.94. The second-order valence-corrected chi connectivity index (χ2v) is 9.81. The average Bonchev–Trinajstić information content (AvgIpc) is 3.34. The zero-order chi connectivity index (χ0) is 21.8. The Morgan fingerprint density at radius 1 is 1.19 bits per heavy atom. The molecule has 5 rings (SSSR count).